The topological polar surface area (TPSA) is 75.1 Å². The zero-order valence-electron chi connectivity index (χ0n) is 16.0. The fourth-order valence-corrected chi connectivity index (χ4v) is 5.13. The Morgan fingerprint density at radius 2 is 1.78 bits per heavy atom. The van der Waals surface area contributed by atoms with Crippen molar-refractivity contribution in [1.82, 2.24) is 14.6 Å². The van der Waals surface area contributed by atoms with E-state index in [4.69, 9.17) is 0 Å². The second kappa shape index (κ2) is 7.22. The van der Waals surface area contributed by atoms with Crippen molar-refractivity contribution >= 4 is 16.3 Å². The highest BCUT2D eigenvalue weighted by molar-refractivity contribution is 7.17. The number of aryl methyl sites for hydroxylation is 1. The third kappa shape index (κ3) is 3.47. The van der Waals surface area contributed by atoms with Crippen molar-refractivity contribution in [3.05, 3.63) is 46.1 Å². The van der Waals surface area contributed by atoms with Gasteiger partial charge in [-0.15, -0.1) is 5.10 Å². The van der Waals surface area contributed by atoms with Gasteiger partial charge < -0.3 is 15.1 Å². The molecule has 0 saturated carbocycles. The van der Waals surface area contributed by atoms with Gasteiger partial charge in [0.05, 0.1) is 19.2 Å². The summed E-state index contributed by atoms with van der Waals surface area (Å²) < 4.78 is 1.54. The van der Waals surface area contributed by atoms with Crippen LogP contribution in [-0.2, 0) is 0 Å². The van der Waals surface area contributed by atoms with Gasteiger partial charge in [-0.3, -0.25) is 0 Å². The number of aromatic nitrogens is 3. The van der Waals surface area contributed by atoms with E-state index in [9.17, 15) is 10.2 Å². The summed E-state index contributed by atoms with van der Waals surface area (Å²) in [5.41, 5.74) is 2.49. The molecule has 3 aromatic rings. The van der Waals surface area contributed by atoms with E-state index < -0.39 is 0 Å². The normalized spacial score (nSPS) is 21.8. The average Bonchev–Trinajstić information content (AvgIpc) is 3.15. The molecule has 0 aliphatic carbocycles. The molecule has 1 atom stereocenters. The van der Waals surface area contributed by atoms with E-state index in [0.717, 1.165) is 35.8 Å². The van der Waals surface area contributed by atoms with Gasteiger partial charge in [-0.25, -0.2) is 4.98 Å². The van der Waals surface area contributed by atoms with Gasteiger partial charge in [0.25, 0.3) is 0 Å². The number of nitrogens with one attached hydrogen (secondary N) is 1. The quantitative estimate of drug-likeness (QED) is 0.641. The second-order valence-electron chi connectivity index (χ2n) is 7.79. The van der Waals surface area contributed by atoms with Crippen LogP contribution in [0.5, 0.6) is 5.88 Å². The molecule has 4 rings (SSSR count). The van der Waals surface area contributed by atoms with Crippen molar-refractivity contribution in [2.45, 2.75) is 51.7 Å². The number of aliphatic hydroxyl groups is 1. The predicted octanol–water partition coefficient (Wildman–Crippen LogP) is 2.06. The number of aromatic hydroxyl groups is 1. The lowest BCUT2D eigenvalue weighted by atomic mass is 9.96. The molecule has 1 saturated heterocycles. The standard InChI is InChI=1S/C20H26N4O2S/c1-12(2)14-4-6-15(7-5-14)17(23-10-8-16(25)9-11-23)18-19(26)24-20(27-18)21-13(3)22-24/h4-7,12,16-17,25-26H,8-11H2,1-3H3/p+1/t17-/m1/s1. The number of thiazole rings is 1. The Hall–Kier alpha value is -1.96. The van der Waals surface area contributed by atoms with Crippen molar-refractivity contribution in [2.24, 2.45) is 0 Å². The Balaban J connectivity index is 1.77. The Bertz CT molecular complexity index is 924. The van der Waals surface area contributed by atoms with Gasteiger partial charge in [-0.05, 0) is 18.4 Å². The smallest absolute Gasteiger partial charge is 0.235 e. The Kier molecular flexibility index (Phi) is 4.92. The number of benzene rings is 1. The molecule has 6 nitrogen and oxygen atoms in total. The van der Waals surface area contributed by atoms with Crippen molar-refractivity contribution in [3.63, 3.8) is 0 Å². The molecule has 27 heavy (non-hydrogen) atoms. The molecule has 1 aliphatic heterocycles. The molecule has 3 heterocycles. The van der Waals surface area contributed by atoms with Crippen LogP contribution in [-0.4, -0.2) is 44.0 Å². The fourth-order valence-electron chi connectivity index (χ4n) is 3.94. The van der Waals surface area contributed by atoms with Crippen molar-refractivity contribution < 1.29 is 15.1 Å². The van der Waals surface area contributed by atoms with Gasteiger partial charge in [-0.1, -0.05) is 49.4 Å². The third-order valence-electron chi connectivity index (χ3n) is 5.51. The van der Waals surface area contributed by atoms with Gasteiger partial charge in [-0.2, -0.15) is 4.52 Å². The first-order valence-corrected chi connectivity index (χ1v) is 10.4. The van der Waals surface area contributed by atoms with Crippen LogP contribution >= 0.6 is 11.3 Å². The van der Waals surface area contributed by atoms with Crippen LogP contribution in [0.2, 0.25) is 0 Å². The van der Waals surface area contributed by atoms with Crippen LogP contribution in [0.15, 0.2) is 24.3 Å². The largest absolute Gasteiger partial charge is 0.492 e. The van der Waals surface area contributed by atoms with Gasteiger partial charge in [0.1, 0.15) is 10.7 Å². The van der Waals surface area contributed by atoms with Crippen LogP contribution in [0.3, 0.4) is 0 Å². The molecule has 7 heteroatoms. The highest BCUT2D eigenvalue weighted by Crippen LogP contribution is 2.35. The number of nitrogens with zero attached hydrogens (tertiary/aromatic N) is 3. The predicted molar refractivity (Wildman–Crippen MR) is 106 cm³/mol. The lowest BCUT2D eigenvalue weighted by Gasteiger charge is -2.33. The molecule has 144 valence electrons. The second-order valence-corrected chi connectivity index (χ2v) is 8.80. The molecule has 1 fully saturated rings. The number of hydrogen-bond acceptors (Lipinski definition) is 5. The molecule has 0 bridgehead atoms. The molecular formula is C20H27N4O2S+. The molecule has 0 radical (unpaired) electrons. The first-order valence-electron chi connectivity index (χ1n) is 9.61. The number of aliphatic hydroxyl groups excluding tert-OH is 1. The number of likely N-dealkylation sites (tertiary alicyclic amines) is 1. The molecule has 0 spiro atoms. The Labute approximate surface area is 163 Å². The van der Waals surface area contributed by atoms with Gasteiger partial charge in [0, 0.05) is 18.4 Å². The third-order valence-corrected chi connectivity index (χ3v) is 6.59. The summed E-state index contributed by atoms with van der Waals surface area (Å²) >= 11 is 1.51. The zero-order chi connectivity index (χ0) is 19.1. The van der Waals surface area contributed by atoms with E-state index in [1.807, 2.05) is 6.92 Å². The highest BCUT2D eigenvalue weighted by atomic mass is 32.1. The molecule has 0 unspecified atom stereocenters. The van der Waals surface area contributed by atoms with Gasteiger partial charge in [0.2, 0.25) is 10.8 Å². The van der Waals surface area contributed by atoms with Crippen LogP contribution in [0.4, 0.5) is 0 Å². The highest BCUT2D eigenvalue weighted by Gasteiger charge is 2.35. The first kappa shape index (κ1) is 18.4. The summed E-state index contributed by atoms with van der Waals surface area (Å²) in [6.45, 7) is 7.97. The SMILES string of the molecule is Cc1nc2sc([C@@H](c3ccc(C(C)C)cc3)[NH+]3CCC(O)CC3)c(O)n2n1. The Morgan fingerprint density at radius 3 is 2.37 bits per heavy atom. The molecule has 2 aromatic heterocycles. The van der Waals surface area contributed by atoms with E-state index in [1.54, 1.807) is 4.52 Å². The first-order chi connectivity index (χ1) is 12.9. The van der Waals surface area contributed by atoms with E-state index in [1.165, 1.54) is 27.4 Å². The maximum absolute atomic E-state index is 10.9. The number of fused-ring (bicyclic) bond motifs is 1. The van der Waals surface area contributed by atoms with Crippen LogP contribution < -0.4 is 4.90 Å². The minimum atomic E-state index is -0.212. The molecule has 1 aromatic carbocycles. The number of quaternary nitrogens is 1. The summed E-state index contributed by atoms with van der Waals surface area (Å²) in [6, 6.07) is 8.75. The van der Waals surface area contributed by atoms with Crippen molar-refractivity contribution in [3.8, 4) is 5.88 Å². The molecule has 1 aliphatic rings. The maximum Gasteiger partial charge on any atom is 0.235 e. The van der Waals surface area contributed by atoms with E-state index in [-0.39, 0.29) is 18.0 Å². The minimum absolute atomic E-state index is 0.0209. The monoisotopic (exact) mass is 387 g/mol. The summed E-state index contributed by atoms with van der Waals surface area (Å²) in [7, 11) is 0. The van der Waals surface area contributed by atoms with E-state index >= 15 is 0 Å². The number of rotatable bonds is 4. The summed E-state index contributed by atoms with van der Waals surface area (Å²) in [5, 5.41) is 25.1. The lowest BCUT2D eigenvalue weighted by Crippen LogP contribution is -3.13. The lowest BCUT2D eigenvalue weighted by molar-refractivity contribution is -0.931. The van der Waals surface area contributed by atoms with Crippen LogP contribution in [0, 0.1) is 6.92 Å². The summed E-state index contributed by atoms with van der Waals surface area (Å²) in [4.78, 5) is 7.42. The number of piperidine rings is 1. The fraction of sp³-hybridized carbons (Fsp3) is 0.500. The van der Waals surface area contributed by atoms with Crippen molar-refractivity contribution in [1.29, 1.82) is 0 Å². The summed E-state index contributed by atoms with van der Waals surface area (Å²) in [6.07, 6.45) is 1.36. The van der Waals surface area contributed by atoms with E-state index in [0.29, 0.717) is 11.7 Å². The number of hydrogen-bond donors (Lipinski definition) is 3. The van der Waals surface area contributed by atoms with Gasteiger partial charge >= 0.3 is 0 Å². The summed E-state index contributed by atoms with van der Waals surface area (Å²) in [5.74, 6) is 1.34. The van der Waals surface area contributed by atoms with Crippen molar-refractivity contribution in [2.75, 3.05) is 13.1 Å². The molecule has 3 N–H and O–H groups in total. The Morgan fingerprint density at radius 1 is 1.15 bits per heavy atom. The molecular weight excluding hydrogens is 360 g/mol. The average molecular weight is 388 g/mol. The van der Waals surface area contributed by atoms with E-state index in [2.05, 4.69) is 48.2 Å². The van der Waals surface area contributed by atoms with Crippen LogP contribution in [0.1, 0.15) is 60.5 Å². The maximum atomic E-state index is 10.9. The minimum Gasteiger partial charge on any atom is -0.492 e. The van der Waals surface area contributed by atoms with Crippen LogP contribution in [0.25, 0.3) is 4.96 Å². The molecule has 0 amide bonds. The van der Waals surface area contributed by atoms with Gasteiger partial charge in [0.15, 0.2) is 6.04 Å². The zero-order valence-corrected chi connectivity index (χ0v) is 16.8.